The van der Waals surface area contributed by atoms with Crippen molar-refractivity contribution < 1.29 is 22.4 Å². The molecular weight excluding hydrogens is 320 g/mol. The number of sulfonamides is 1. The van der Waals surface area contributed by atoms with Gasteiger partial charge in [0.05, 0.1) is 11.5 Å². The van der Waals surface area contributed by atoms with Gasteiger partial charge in [0.2, 0.25) is 5.88 Å². The molecule has 124 valence electrons. The van der Waals surface area contributed by atoms with Crippen molar-refractivity contribution in [1.29, 1.82) is 0 Å². The van der Waals surface area contributed by atoms with Crippen LogP contribution in [0.5, 0.6) is 5.75 Å². The molecule has 3 rings (SSSR count). The SMILES string of the molecule is CCOc1ccc(S(=O)(=O)Nc2cc([C@H]3CCCO3)no2)cc1. The van der Waals surface area contributed by atoms with E-state index in [0.29, 0.717) is 24.7 Å². The Labute approximate surface area is 134 Å². The van der Waals surface area contributed by atoms with Gasteiger partial charge >= 0.3 is 0 Å². The molecule has 2 heterocycles. The molecule has 1 atom stereocenters. The Kier molecular flexibility index (Phi) is 4.53. The van der Waals surface area contributed by atoms with Gasteiger partial charge in [-0.1, -0.05) is 5.16 Å². The van der Waals surface area contributed by atoms with E-state index in [1.807, 2.05) is 6.92 Å². The summed E-state index contributed by atoms with van der Waals surface area (Å²) in [5.41, 5.74) is 0.604. The van der Waals surface area contributed by atoms with Crippen molar-refractivity contribution in [2.45, 2.75) is 30.8 Å². The number of nitrogens with one attached hydrogen (secondary N) is 1. The van der Waals surface area contributed by atoms with Crippen molar-refractivity contribution in [3.8, 4) is 5.75 Å². The van der Waals surface area contributed by atoms with Gasteiger partial charge in [-0.25, -0.2) is 13.1 Å². The second-order valence-corrected chi connectivity index (χ2v) is 6.81. The van der Waals surface area contributed by atoms with Crippen molar-refractivity contribution in [1.82, 2.24) is 5.16 Å². The summed E-state index contributed by atoms with van der Waals surface area (Å²) in [4.78, 5) is 0.121. The normalized spacial score (nSPS) is 18.0. The van der Waals surface area contributed by atoms with Crippen LogP contribution < -0.4 is 9.46 Å². The first-order valence-electron chi connectivity index (χ1n) is 7.42. The first kappa shape index (κ1) is 15.8. The highest BCUT2D eigenvalue weighted by molar-refractivity contribution is 7.92. The smallest absolute Gasteiger partial charge is 0.264 e. The number of anilines is 1. The molecule has 1 aliphatic heterocycles. The lowest BCUT2D eigenvalue weighted by molar-refractivity contribution is 0.105. The van der Waals surface area contributed by atoms with Crippen molar-refractivity contribution >= 4 is 15.9 Å². The van der Waals surface area contributed by atoms with E-state index in [1.54, 1.807) is 18.2 Å². The summed E-state index contributed by atoms with van der Waals surface area (Å²) >= 11 is 0. The molecular formula is C15H18N2O5S. The molecule has 1 saturated heterocycles. The van der Waals surface area contributed by atoms with Gasteiger partial charge in [0.15, 0.2) is 0 Å². The van der Waals surface area contributed by atoms with Crippen LogP contribution in [0.15, 0.2) is 39.8 Å². The molecule has 0 radical (unpaired) electrons. The fourth-order valence-corrected chi connectivity index (χ4v) is 3.35. The number of hydrogen-bond acceptors (Lipinski definition) is 6. The summed E-state index contributed by atoms with van der Waals surface area (Å²) in [6.45, 7) is 3.07. The molecule has 0 amide bonds. The third-order valence-electron chi connectivity index (χ3n) is 3.47. The van der Waals surface area contributed by atoms with E-state index in [-0.39, 0.29) is 16.9 Å². The highest BCUT2D eigenvalue weighted by Crippen LogP contribution is 2.29. The Morgan fingerprint density at radius 1 is 1.35 bits per heavy atom. The quantitative estimate of drug-likeness (QED) is 0.871. The lowest BCUT2D eigenvalue weighted by Gasteiger charge is -2.06. The van der Waals surface area contributed by atoms with E-state index in [0.717, 1.165) is 12.8 Å². The fraction of sp³-hybridized carbons (Fsp3) is 0.400. The minimum absolute atomic E-state index is 0.0735. The van der Waals surface area contributed by atoms with Gasteiger partial charge < -0.3 is 14.0 Å². The number of aromatic nitrogens is 1. The summed E-state index contributed by atoms with van der Waals surface area (Å²) in [5.74, 6) is 0.691. The van der Waals surface area contributed by atoms with Gasteiger partial charge in [-0.15, -0.1) is 0 Å². The zero-order chi connectivity index (χ0) is 16.3. The maximum absolute atomic E-state index is 12.3. The largest absolute Gasteiger partial charge is 0.494 e. The van der Waals surface area contributed by atoms with Gasteiger partial charge in [-0.05, 0) is 44.0 Å². The molecule has 1 N–H and O–H groups in total. The minimum Gasteiger partial charge on any atom is -0.494 e. The Morgan fingerprint density at radius 2 is 2.13 bits per heavy atom. The van der Waals surface area contributed by atoms with E-state index in [1.165, 1.54) is 12.1 Å². The third-order valence-corrected chi connectivity index (χ3v) is 4.83. The van der Waals surface area contributed by atoms with Gasteiger partial charge in [-0.2, -0.15) is 0 Å². The Bertz CT molecular complexity index is 748. The number of benzene rings is 1. The topological polar surface area (TPSA) is 90.7 Å². The van der Waals surface area contributed by atoms with Crippen LogP contribution in [0.3, 0.4) is 0 Å². The summed E-state index contributed by atoms with van der Waals surface area (Å²) in [5, 5.41) is 3.87. The third kappa shape index (κ3) is 3.65. The van der Waals surface area contributed by atoms with Gasteiger partial charge in [0.1, 0.15) is 17.5 Å². The van der Waals surface area contributed by atoms with Crippen molar-refractivity contribution in [2.24, 2.45) is 0 Å². The van der Waals surface area contributed by atoms with Crippen molar-refractivity contribution in [3.05, 3.63) is 36.0 Å². The molecule has 1 aliphatic rings. The molecule has 1 aromatic carbocycles. The predicted octanol–water partition coefficient (Wildman–Crippen LogP) is 2.73. The highest BCUT2D eigenvalue weighted by atomic mass is 32.2. The standard InChI is InChI=1S/C15H18N2O5S/c1-2-20-11-5-7-12(8-6-11)23(18,19)17-15-10-13(16-22-15)14-4-3-9-21-14/h5-8,10,14,17H,2-4,9H2,1H3/t14-/m1/s1. The van der Waals surface area contributed by atoms with Crippen molar-refractivity contribution in [2.75, 3.05) is 17.9 Å². The van der Waals surface area contributed by atoms with Crippen molar-refractivity contribution in [3.63, 3.8) is 0 Å². The molecule has 0 aliphatic carbocycles. The number of rotatable bonds is 6. The zero-order valence-corrected chi connectivity index (χ0v) is 13.5. The maximum Gasteiger partial charge on any atom is 0.264 e. The zero-order valence-electron chi connectivity index (χ0n) is 12.7. The Morgan fingerprint density at radius 3 is 2.78 bits per heavy atom. The fourth-order valence-electron chi connectivity index (χ4n) is 2.37. The van der Waals surface area contributed by atoms with Gasteiger partial charge in [0, 0.05) is 12.7 Å². The van der Waals surface area contributed by atoms with Crippen LogP contribution in [0.4, 0.5) is 5.88 Å². The summed E-state index contributed by atoms with van der Waals surface area (Å²) in [6.07, 6.45) is 1.70. The summed E-state index contributed by atoms with van der Waals surface area (Å²) in [6, 6.07) is 7.73. The highest BCUT2D eigenvalue weighted by Gasteiger charge is 2.23. The second kappa shape index (κ2) is 6.59. The van der Waals surface area contributed by atoms with Crippen LogP contribution in [0.2, 0.25) is 0 Å². The molecule has 0 saturated carbocycles. The molecule has 0 bridgehead atoms. The van der Waals surface area contributed by atoms with E-state index >= 15 is 0 Å². The number of ether oxygens (including phenoxy) is 2. The molecule has 2 aromatic rings. The first-order chi connectivity index (χ1) is 11.1. The lowest BCUT2D eigenvalue weighted by Crippen LogP contribution is -2.12. The van der Waals surface area contributed by atoms with Crippen LogP contribution in [-0.2, 0) is 14.8 Å². The molecule has 8 heteroatoms. The summed E-state index contributed by atoms with van der Waals surface area (Å²) in [7, 11) is -3.74. The number of hydrogen-bond donors (Lipinski definition) is 1. The van der Waals surface area contributed by atoms with E-state index in [4.69, 9.17) is 14.0 Å². The van der Waals surface area contributed by atoms with Crippen LogP contribution in [0.1, 0.15) is 31.6 Å². The molecule has 0 spiro atoms. The maximum atomic E-state index is 12.3. The lowest BCUT2D eigenvalue weighted by atomic mass is 10.2. The predicted molar refractivity (Wildman–Crippen MR) is 82.8 cm³/mol. The van der Waals surface area contributed by atoms with Crippen LogP contribution in [-0.4, -0.2) is 26.8 Å². The second-order valence-electron chi connectivity index (χ2n) is 5.13. The van der Waals surface area contributed by atoms with Crippen LogP contribution >= 0.6 is 0 Å². The monoisotopic (exact) mass is 338 g/mol. The Hall–Kier alpha value is -2.06. The van der Waals surface area contributed by atoms with E-state index in [2.05, 4.69) is 9.88 Å². The molecule has 1 fully saturated rings. The summed E-state index contributed by atoms with van der Waals surface area (Å²) < 4.78 is 42.9. The first-order valence-corrected chi connectivity index (χ1v) is 8.90. The van der Waals surface area contributed by atoms with E-state index < -0.39 is 10.0 Å². The number of nitrogens with zero attached hydrogens (tertiary/aromatic N) is 1. The van der Waals surface area contributed by atoms with Crippen LogP contribution in [0.25, 0.3) is 0 Å². The molecule has 0 unspecified atom stereocenters. The van der Waals surface area contributed by atoms with E-state index in [9.17, 15) is 8.42 Å². The molecule has 23 heavy (non-hydrogen) atoms. The van der Waals surface area contributed by atoms with Crippen LogP contribution in [0, 0.1) is 0 Å². The molecule has 1 aromatic heterocycles. The molecule has 7 nitrogen and oxygen atoms in total. The minimum atomic E-state index is -3.74. The van der Waals surface area contributed by atoms with Gasteiger partial charge in [0.25, 0.3) is 10.0 Å². The van der Waals surface area contributed by atoms with Gasteiger partial charge in [-0.3, -0.25) is 0 Å². The average molecular weight is 338 g/mol. The average Bonchev–Trinajstić information content (AvgIpc) is 3.19. The Balaban J connectivity index is 1.72.